The van der Waals surface area contributed by atoms with Gasteiger partial charge in [-0.2, -0.15) is 0 Å². The Balaban J connectivity index is 0.00000264. The summed E-state index contributed by atoms with van der Waals surface area (Å²) >= 11 is 0. The highest BCUT2D eigenvalue weighted by Crippen LogP contribution is 2.15. The van der Waals surface area contributed by atoms with Gasteiger partial charge in [-0.3, -0.25) is 4.79 Å². The van der Waals surface area contributed by atoms with Crippen LogP contribution in [0.5, 0.6) is 5.75 Å². The maximum Gasteiger partial charge on any atom is 0.287 e. The fourth-order valence-electron chi connectivity index (χ4n) is 1.70. The van der Waals surface area contributed by atoms with Gasteiger partial charge in [-0.05, 0) is 50.4 Å². The first kappa shape index (κ1) is 19.0. The Hall–Kier alpha value is -2.05. The van der Waals surface area contributed by atoms with Crippen LogP contribution in [0, 0.1) is 5.82 Å². The Morgan fingerprint density at radius 2 is 1.96 bits per heavy atom. The van der Waals surface area contributed by atoms with Crippen molar-refractivity contribution in [3.63, 3.8) is 0 Å². The molecule has 7 heteroatoms. The molecule has 2 rings (SSSR count). The van der Waals surface area contributed by atoms with Crippen LogP contribution >= 0.6 is 12.4 Å². The first-order valence-electron chi connectivity index (χ1n) is 7.01. The van der Waals surface area contributed by atoms with Gasteiger partial charge < -0.3 is 19.8 Å². The molecule has 0 aliphatic carbocycles. The van der Waals surface area contributed by atoms with Crippen LogP contribution in [0.1, 0.15) is 23.2 Å². The molecule has 0 saturated heterocycles. The molecule has 0 fully saturated rings. The second kappa shape index (κ2) is 9.17. The minimum Gasteiger partial charge on any atom is -0.486 e. The number of halogens is 2. The number of benzene rings is 1. The molecule has 1 unspecified atom stereocenters. The topological polar surface area (TPSA) is 63.5 Å². The molecule has 0 saturated carbocycles. The smallest absolute Gasteiger partial charge is 0.287 e. The number of rotatable bonds is 7. The lowest BCUT2D eigenvalue weighted by molar-refractivity contribution is 0.0918. The van der Waals surface area contributed by atoms with Crippen molar-refractivity contribution in [2.45, 2.75) is 19.6 Å². The Kier molecular flexibility index (Phi) is 7.57. The Bertz CT molecular complexity index is 616. The van der Waals surface area contributed by atoms with Gasteiger partial charge >= 0.3 is 0 Å². The van der Waals surface area contributed by atoms with E-state index in [1.54, 1.807) is 12.1 Å². The van der Waals surface area contributed by atoms with Gasteiger partial charge in [0.15, 0.2) is 5.76 Å². The van der Waals surface area contributed by atoms with Crippen molar-refractivity contribution in [3.05, 3.63) is 53.7 Å². The van der Waals surface area contributed by atoms with Crippen molar-refractivity contribution in [1.82, 2.24) is 10.6 Å². The summed E-state index contributed by atoms with van der Waals surface area (Å²) in [5.41, 5.74) is 0. The molecule has 0 spiro atoms. The number of hydrogen-bond donors (Lipinski definition) is 2. The molecule has 1 atom stereocenters. The molecular formula is C16H20ClFN2O3. The Labute approximate surface area is 140 Å². The van der Waals surface area contributed by atoms with Crippen molar-refractivity contribution < 1.29 is 18.3 Å². The monoisotopic (exact) mass is 342 g/mol. The lowest BCUT2D eigenvalue weighted by Gasteiger charge is -2.10. The normalized spacial score (nSPS) is 11.4. The molecule has 5 nitrogen and oxygen atoms in total. The van der Waals surface area contributed by atoms with Crippen LogP contribution in [0.25, 0.3) is 0 Å². The van der Waals surface area contributed by atoms with Crippen LogP contribution in [-0.2, 0) is 6.61 Å². The van der Waals surface area contributed by atoms with E-state index in [2.05, 4.69) is 10.6 Å². The van der Waals surface area contributed by atoms with Crippen LogP contribution in [0.4, 0.5) is 4.39 Å². The quantitative estimate of drug-likeness (QED) is 0.812. The third kappa shape index (κ3) is 5.92. The summed E-state index contributed by atoms with van der Waals surface area (Å²) in [5.74, 6) is 0.707. The van der Waals surface area contributed by atoms with Gasteiger partial charge in [0.1, 0.15) is 23.9 Å². The predicted molar refractivity (Wildman–Crippen MR) is 87.5 cm³/mol. The number of hydrogen-bond acceptors (Lipinski definition) is 4. The number of furan rings is 1. The SMILES string of the molecule is CNC(C)CNC(=O)c1ccc(COc2ccc(F)cc2)o1.Cl. The maximum absolute atomic E-state index is 12.8. The minimum absolute atomic E-state index is 0. The molecule has 0 bridgehead atoms. The summed E-state index contributed by atoms with van der Waals surface area (Å²) < 4.78 is 23.7. The van der Waals surface area contributed by atoms with Gasteiger partial charge in [0.05, 0.1) is 0 Å². The second-order valence-corrected chi connectivity index (χ2v) is 4.91. The number of likely N-dealkylation sites (N-methyl/N-ethyl adjacent to an activating group) is 1. The summed E-state index contributed by atoms with van der Waals surface area (Å²) in [6, 6.07) is 9.16. The zero-order valence-corrected chi connectivity index (χ0v) is 13.8. The zero-order chi connectivity index (χ0) is 15.9. The first-order valence-corrected chi connectivity index (χ1v) is 7.01. The van der Waals surface area contributed by atoms with E-state index >= 15 is 0 Å². The van der Waals surface area contributed by atoms with Crippen molar-refractivity contribution >= 4 is 18.3 Å². The number of carbonyl (C=O) groups is 1. The minimum atomic E-state index is -0.319. The van der Waals surface area contributed by atoms with E-state index in [1.165, 1.54) is 24.3 Å². The van der Waals surface area contributed by atoms with E-state index in [1.807, 2.05) is 14.0 Å². The molecule has 0 aliphatic heterocycles. The predicted octanol–water partition coefficient (Wildman–Crippen LogP) is 2.76. The number of carbonyl (C=O) groups excluding carboxylic acids is 1. The summed E-state index contributed by atoms with van der Waals surface area (Å²) in [6.07, 6.45) is 0. The van der Waals surface area contributed by atoms with Crippen LogP contribution in [0.2, 0.25) is 0 Å². The fraction of sp³-hybridized carbons (Fsp3) is 0.312. The molecule has 2 aromatic rings. The average Bonchev–Trinajstić information content (AvgIpc) is 3.00. The standard InChI is InChI=1S/C16H19FN2O3.ClH/c1-11(18-2)9-19-16(20)15-8-7-14(22-15)10-21-13-5-3-12(17)4-6-13;/h3-8,11,18H,9-10H2,1-2H3,(H,19,20);1H. The number of amides is 1. The summed E-state index contributed by atoms with van der Waals surface area (Å²) in [5, 5.41) is 5.79. The van der Waals surface area contributed by atoms with E-state index in [4.69, 9.17) is 9.15 Å². The Morgan fingerprint density at radius 3 is 2.61 bits per heavy atom. The summed E-state index contributed by atoms with van der Waals surface area (Å²) in [7, 11) is 1.83. The van der Waals surface area contributed by atoms with E-state index in [0.717, 1.165) is 0 Å². The second-order valence-electron chi connectivity index (χ2n) is 4.91. The molecule has 1 heterocycles. The van der Waals surface area contributed by atoms with E-state index in [0.29, 0.717) is 18.1 Å². The zero-order valence-electron chi connectivity index (χ0n) is 13.0. The van der Waals surface area contributed by atoms with Crippen molar-refractivity contribution in [3.8, 4) is 5.75 Å². The highest BCUT2D eigenvalue weighted by Gasteiger charge is 2.12. The molecule has 1 aromatic carbocycles. The van der Waals surface area contributed by atoms with Crippen LogP contribution in [0.15, 0.2) is 40.8 Å². The van der Waals surface area contributed by atoms with Gasteiger partial charge in [0.25, 0.3) is 5.91 Å². The molecule has 126 valence electrons. The van der Waals surface area contributed by atoms with Gasteiger partial charge in [-0.1, -0.05) is 0 Å². The summed E-state index contributed by atoms with van der Waals surface area (Å²) in [6.45, 7) is 2.65. The third-order valence-electron chi connectivity index (χ3n) is 3.14. The van der Waals surface area contributed by atoms with Crippen molar-refractivity contribution in [2.24, 2.45) is 0 Å². The lowest BCUT2D eigenvalue weighted by Crippen LogP contribution is -2.37. The van der Waals surface area contributed by atoms with Gasteiger partial charge in [0, 0.05) is 12.6 Å². The molecule has 1 amide bonds. The first-order chi connectivity index (χ1) is 10.6. The van der Waals surface area contributed by atoms with E-state index < -0.39 is 0 Å². The molecule has 23 heavy (non-hydrogen) atoms. The van der Waals surface area contributed by atoms with Crippen molar-refractivity contribution in [1.29, 1.82) is 0 Å². The molecule has 1 aromatic heterocycles. The molecule has 0 radical (unpaired) electrons. The Morgan fingerprint density at radius 1 is 1.26 bits per heavy atom. The lowest BCUT2D eigenvalue weighted by atomic mass is 10.3. The number of ether oxygens (including phenoxy) is 1. The largest absolute Gasteiger partial charge is 0.486 e. The number of nitrogens with one attached hydrogen (secondary N) is 2. The van der Waals surface area contributed by atoms with Crippen molar-refractivity contribution in [2.75, 3.05) is 13.6 Å². The maximum atomic E-state index is 12.8. The summed E-state index contributed by atoms with van der Waals surface area (Å²) in [4.78, 5) is 11.9. The molecule has 2 N–H and O–H groups in total. The average molecular weight is 343 g/mol. The van der Waals surface area contributed by atoms with Crippen LogP contribution in [-0.4, -0.2) is 25.5 Å². The fourth-order valence-corrected chi connectivity index (χ4v) is 1.70. The highest BCUT2D eigenvalue weighted by atomic mass is 35.5. The highest BCUT2D eigenvalue weighted by molar-refractivity contribution is 5.91. The van der Waals surface area contributed by atoms with E-state index in [9.17, 15) is 9.18 Å². The van der Waals surface area contributed by atoms with Crippen LogP contribution in [0.3, 0.4) is 0 Å². The molecular weight excluding hydrogens is 323 g/mol. The third-order valence-corrected chi connectivity index (χ3v) is 3.14. The van der Waals surface area contributed by atoms with Gasteiger partial charge in [-0.25, -0.2) is 4.39 Å². The van der Waals surface area contributed by atoms with Crippen LogP contribution < -0.4 is 15.4 Å². The van der Waals surface area contributed by atoms with Gasteiger partial charge in [-0.15, -0.1) is 12.4 Å². The van der Waals surface area contributed by atoms with E-state index in [-0.39, 0.29) is 42.5 Å². The van der Waals surface area contributed by atoms with Gasteiger partial charge in [0.2, 0.25) is 0 Å². The molecule has 0 aliphatic rings.